The van der Waals surface area contributed by atoms with E-state index in [1.165, 1.54) is 0 Å². The van der Waals surface area contributed by atoms with Crippen LogP contribution in [0.15, 0.2) is 30.3 Å². The molecule has 55 valence electrons. The monoisotopic (exact) mass is 548 g/mol. The second-order valence-electron chi connectivity index (χ2n) is 1.29. The predicted molar refractivity (Wildman–Crippen MR) is 67.3 cm³/mol. The summed E-state index contributed by atoms with van der Waals surface area (Å²) < 4.78 is 0. The van der Waals surface area contributed by atoms with Gasteiger partial charge in [-0.05, 0) is 0 Å². The maximum absolute atomic E-state index is 2.89. The molecule has 1 aromatic carbocycles. The third-order valence-corrected chi connectivity index (χ3v) is 0.607. The first-order chi connectivity index (χ1) is 4.73. The predicted octanol–water partition coefficient (Wildman–Crippen LogP) is 4.14. The van der Waals surface area contributed by atoms with Crippen molar-refractivity contribution >= 4 is 54.1 Å². The summed E-state index contributed by atoms with van der Waals surface area (Å²) >= 11 is 7.54. The minimum absolute atomic E-state index is 0.633. The smallest absolute Gasteiger partial charge is 0.171 e. The molecule has 0 saturated heterocycles. The molecular weight excluding hydrogens is 544 g/mol. The normalized spacial score (nSPS) is 7.50. The summed E-state index contributed by atoms with van der Waals surface area (Å²) in [4.78, 5) is 0. The molecule has 0 nitrogen and oxygen atoms in total. The Morgan fingerprint density at radius 1 is 0.900 bits per heavy atom. The van der Waals surface area contributed by atoms with Crippen molar-refractivity contribution in [1.29, 1.82) is 0 Å². The Bertz CT molecular complexity index is 113. The van der Waals surface area contributed by atoms with Crippen molar-refractivity contribution in [1.82, 2.24) is 0 Å². The van der Waals surface area contributed by atoms with Gasteiger partial charge in [-0.3, -0.25) is 0 Å². The summed E-state index contributed by atoms with van der Waals surface area (Å²) in [6.07, 6.45) is 0. The number of benzene rings is 1. The van der Waals surface area contributed by atoms with Crippen molar-refractivity contribution in [2.24, 2.45) is 0 Å². The molecule has 0 spiro atoms. The van der Waals surface area contributed by atoms with E-state index >= 15 is 0 Å². The van der Waals surface area contributed by atoms with Crippen LogP contribution in [0.1, 0.15) is 0 Å². The van der Waals surface area contributed by atoms with Crippen LogP contribution in [0.2, 0.25) is 0 Å². The molecule has 0 radical (unpaired) electrons. The number of halogens is 3. The Labute approximate surface area is 97.3 Å². The second-order valence-corrected chi connectivity index (χ2v) is 58.1. The minimum atomic E-state index is -0.633. The van der Waals surface area contributed by atoms with Gasteiger partial charge in [-0.15, -0.1) is 0 Å². The zero-order valence-corrected chi connectivity index (χ0v) is 14.0. The van der Waals surface area contributed by atoms with Crippen LogP contribution < -0.4 is 0 Å². The third kappa shape index (κ3) is 12.9. The van der Waals surface area contributed by atoms with Gasteiger partial charge in [0.15, 0.2) is 0 Å². The molecule has 0 atom stereocenters. The maximum Gasteiger partial charge on any atom is -0.171 e. The molecule has 0 unspecified atom stereocenters. The Hall–Kier alpha value is 2.29. The van der Waals surface area contributed by atoms with Gasteiger partial charge in [0, 0.05) is 0 Å². The van der Waals surface area contributed by atoms with Gasteiger partial charge in [0.05, 0.1) is 0 Å². The minimum Gasteiger partial charge on any atom is -0.184 e. The van der Waals surface area contributed by atoms with Crippen LogP contribution in [0.5, 0.6) is 0 Å². The van der Waals surface area contributed by atoms with E-state index in [1.807, 2.05) is 30.3 Å². The van der Waals surface area contributed by atoms with E-state index in [9.17, 15) is 0 Å². The van der Waals surface area contributed by atoms with E-state index in [4.69, 9.17) is 0 Å². The number of hydrogen-bond donors (Lipinski definition) is 0. The zero-order valence-electron chi connectivity index (χ0n) is 5.02. The van der Waals surface area contributed by atoms with Gasteiger partial charge in [0.25, 0.3) is 0 Å². The van der Waals surface area contributed by atoms with Crippen molar-refractivity contribution < 1.29 is 9.18 Å². The first kappa shape index (κ1) is 12.3. The Kier molecular flexibility index (Phi) is 11.5. The van der Waals surface area contributed by atoms with E-state index in [0.717, 1.165) is 0 Å². The van der Waals surface area contributed by atoms with Crippen LogP contribution in [-0.2, 0) is 9.18 Å². The molecule has 1 rings (SSSR count). The molecule has 0 aromatic heterocycles. The SMILES string of the molecule is [I][Zr]([I])[I].[c-]1ccccc1. The van der Waals surface area contributed by atoms with Gasteiger partial charge in [-0.25, -0.2) is 0 Å². The van der Waals surface area contributed by atoms with Gasteiger partial charge < -0.3 is 0 Å². The third-order valence-electron chi connectivity index (χ3n) is 0.607. The molecular formula is C6H5I3Zr-. The Morgan fingerprint density at radius 3 is 1.40 bits per heavy atom. The van der Waals surface area contributed by atoms with Gasteiger partial charge in [-0.1, -0.05) is 0 Å². The van der Waals surface area contributed by atoms with Crippen LogP contribution in [0.25, 0.3) is 0 Å². The summed E-state index contributed by atoms with van der Waals surface area (Å²) in [6.45, 7) is 0. The number of hydrogen-bond acceptors (Lipinski definition) is 0. The molecule has 0 aliphatic heterocycles. The van der Waals surface area contributed by atoms with Crippen molar-refractivity contribution in [3.63, 3.8) is 0 Å². The van der Waals surface area contributed by atoms with Crippen molar-refractivity contribution in [3.05, 3.63) is 36.4 Å². The summed E-state index contributed by atoms with van der Waals surface area (Å²) in [7, 11) is -0.633. The van der Waals surface area contributed by atoms with E-state index < -0.39 is 9.18 Å². The fraction of sp³-hybridized carbons (Fsp3) is 0. The molecule has 10 heavy (non-hydrogen) atoms. The Balaban J connectivity index is 0.000000180. The van der Waals surface area contributed by atoms with Crippen LogP contribution in [0, 0.1) is 6.07 Å². The standard InChI is InChI=1S/C6H5.3HI.Zr/c1-2-4-6-5-3-1;;;;/h1-5H;3*1H;/q-1;;;;+3/p-3. The molecule has 0 heterocycles. The first-order valence-electron chi connectivity index (χ1n) is 2.48. The molecule has 0 aliphatic carbocycles. The summed E-state index contributed by atoms with van der Waals surface area (Å²) in [6, 6.07) is 12.5. The van der Waals surface area contributed by atoms with E-state index in [0.29, 0.717) is 0 Å². The average molecular weight is 549 g/mol. The van der Waals surface area contributed by atoms with Crippen LogP contribution in [0.4, 0.5) is 0 Å². The summed E-state index contributed by atoms with van der Waals surface area (Å²) in [5.41, 5.74) is 0. The van der Waals surface area contributed by atoms with Gasteiger partial charge in [0.2, 0.25) is 0 Å². The van der Waals surface area contributed by atoms with E-state index in [1.54, 1.807) is 0 Å². The van der Waals surface area contributed by atoms with Crippen LogP contribution >= 0.6 is 54.1 Å². The fourth-order valence-corrected chi connectivity index (χ4v) is 0.342. The van der Waals surface area contributed by atoms with Crippen molar-refractivity contribution in [2.45, 2.75) is 0 Å². The second kappa shape index (κ2) is 9.38. The summed E-state index contributed by atoms with van der Waals surface area (Å²) in [5.74, 6) is 0. The molecule has 0 fully saturated rings. The molecule has 0 amide bonds. The topological polar surface area (TPSA) is 0 Å². The fourth-order valence-electron chi connectivity index (χ4n) is 0.342. The largest absolute Gasteiger partial charge is 0.184 e. The van der Waals surface area contributed by atoms with Crippen LogP contribution in [-0.4, -0.2) is 0 Å². The Morgan fingerprint density at radius 2 is 1.30 bits per heavy atom. The molecule has 0 saturated carbocycles. The quantitative estimate of drug-likeness (QED) is 0.338. The molecule has 1 aromatic rings. The van der Waals surface area contributed by atoms with Gasteiger partial charge in [0.1, 0.15) is 0 Å². The van der Waals surface area contributed by atoms with E-state index in [-0.39, 0.29) is 0 Å². The first-order valence-corrected chi connectivity index (χ1v) is 24.4. The maximum atomic E-state index is 2.89. The van der Waals surface area contributed by atoms with Crippen LogP contribution in [0.3, 0.4) is 0 Å². The molecule has 0 bridgehead atoms. The van der Waals surface area contributed by atoms with Gasteiger partial charge >= 0.3 is 63.3 Å². The van der Waals surface area contributed by atoms with Crippen molar-refractivity contribution in [3.8, 4) is 0 Å². The van der Waals surface area contributed by atoms with E-state index in [2.05, 4.69) is 60.2 Å². The molecule has 0 N–H and O–H groups in total. The van der Waals surface area contributed by atoms with Crippen molar-refractivity contribution in [2.75, 3.05) is 0 Å². The zero-order chi connectivity index (χ0) is 7.82. The molecule has 0 aliphatic rings. The molecule has 4 heteroatoms. The summed E-state index contributed by atoms with van der Waals surface area (Å²) in [5, 5.41) is 0. The van der Waals surface area contributed by atoms with Gasteiger partial charge in [-0.2, -0.15) is 36.4 Å². The number of rotatable bonds is 0. The average Bonchev–Trinajstić information content (AvgIpc) is 1.90.